The number of nitrogens with one attached hydrogen (secondary N) is 2. The predicted octanol–water partition coefficient (Wildman–Crippen LogP) is 1.39. The third-order valence-corrected chi connectivity index (χ3v) is 4.84. The molecule has 0 aliphatic carbocycles. The standard InChI is InChI=1S/C12H22N2OS/c1-2-9-3-5-13-11(7-9)12(15)14-10-4-6-16-8-10/h9-11,13H,2-8H2,1H3,(H,14,15). The molecule has 3 nitrogen and oxygen atoms in total. The number of amides is 1. The largest absolute Gasteiger partial charge is 0.351 e. The maximum atomic E-state index is 12.0. The van der Waals surface area contributed by atoms with Gasteiger partial charge in [0, 0.05) is 11.8 Å². The van der Waals surface area contributed by atoms with Gasteiger partial charge in [0.2, 0.25) is 5.91 Å². The second-order valence-electron chi connectivity index (χ2n) is 4.87. The zero-order chi connectivity index (χ0) is 11.4. The van der Waals surface area contributed by atoms with Gasteiger partial charge in [-0.1, -0.05) is 13.3 Å². The van der Waals surface area contributed by atoms with Crippen LogP contribution in [0.15, 0.2) is 0 Å². The summed E-state index contributed by atoms with van der Waals surface area (Å²) >= 11 is 1.94. The van der Waals surface area contributed by atoms with E-state index in [-0.39, 0.29) is 11.9 Å². The predicted molar refractivity (Wildman–Crippen MR) is 68.7 cm³/mol. The van der Waals surface area contributed by atoms with Crippen LogP contribution < -0.4 is 10.6 Å². The van der Waals surface area contributed by atoms with Crippen molar-refractivity contribution in [3.05, 3.63) is 0 Å². The summed E-state index contributed by atoms with van der Waals surface area (Å²) in [6.45, 7) is 3.22. The van der Waals surface area contributed by atoms with Crippen molar-refractivity contribution in [2.75, 3.05) is 18.1 Å². The zero-order valence-corrected chi connectivity index (χ0v) is 10.8. The van der Waals surface area contributed by atoms with Crippen LogP contribution in [0.1, 0.15) is 32.6 Å². The molecule has 2 heterocycles. The maximum absolute atomic E-state index is 12.0. The van der Waals surface area contributed by atoms with Gasteiger partial charge in [-0.25, -0.2) is 0 Å². The summed E-state index contributed by atoms with van der Waals surface area (Å²) in [4.78, 5) is 12.0. The Hall–Kier alpha value is -0.220. The molecule has 92 valence electrons. The highest BCUT2D eigenvalue weighted by Gasteiger charge is 2.28. The quantitative estimate of drug-likeness (QED) is 0.786. The Morgan fingerprint density at radius 3 is 3.06 bits per heavy atom. The van der Waals surface area contributed by atoms with Crippen LogP contribution in [0.25, 0.3) is 0 Å². The lowest BCUT2D eigenvalue weighted by molar-refractivity contribution is -0.124. The number of carbonyl (C=O) groups is 1. The summed E-state index contributed by atoms with van der Waals surface area (Å²) in [5, 5.41) is 6.51. The molecule has 2 N–H and O–H groups in total. The highest BCUT2D eigenvalue weighted by atomic mass is 32.2. The minimum absolute atomic E-state index is 0.0595. The Morgan fingerprint density at radius 2 is 2.38 bits per heavy atom. The molecule has 0 bridgehead atoms. The second-order valence-corrected chi connectivity index (χ2v) is 6.02. The Kier molecular flexibility index (Phi) is 4.53. The van der Waals surface area contributed by atoms with E-state index in [1.165, 1.54) is 18.6 Å². The van der Waals surface area contributed by atoms with Crippen LogP contribution in [0.3, 0.4) is 0 Å². The smallest absolute Gasteiger partial charge is 0.237 e. The molecule has 0 aromatic carbocycles. The van der Waals surface area contributed by atoms with E-state index in [9.17, 15) is 4.79 Å². The molecule has 2 fully saturated rings. The lowest BCUT2D eigenvalue weighted by Gasteiger charge is -2.29. The van der Waals surface area contributed by atoms with Crippen LogP contribution in [-0.2, 0) is 4.79 Å². The van der Waals surface area contributed by atoms with Gasteiger partial charge < -0.3 is 10.6 Å². The summed E-state index contributed by atoms with van der Waals surface area (Å²) < 4.78 is 0. The fraction of sp³-hybridized carbons (Fsp3) is 0.917. The summed E-state index contributed by atoms with van der Waals surface area (Å²) in [7, 11) is 0. The van der Waals surface area contributed by atoms with Crippen molar-refractivity contribution in [2.45, 2.75) is 44.7 Å². The van der Waals surface area contributed by atoms with Crippen LogP contribution in [0, 0.1) is 5.92 Å². The summed E-state index contributed by atoms with van der Waals surface area (Å²) in [5.41, 5.74) is 0. The fourth-order valence-corrected chi connectivity index (χ4v) is 3.67. The van der Waals surface area contributed by atoms with E-state index >= 15 is 0 Å². The van der Waals surface area contributed by atoms with Gasteiger partial charge in [-0.2, -0.15) is 11.8 Å². The van der Waals surface area contributed by atoms with Crippen molar-refractivity contribution in [2.24, 2.45) is 5.92 Å². The number of rotatable bonds is 3. The van der Waals surface area contributed by atoms with Crippen molar-refractivity contribution in [3.63, 3.8) is 0 Å². The molecule has 2 aliphatic rings. The summed E-state index contributed by atoms with van der Waals surface area (Å²) in [6, 6.07) is 0.477. The molecule has 0 aromatic heterocycles. The number of hydrogen-bond donors (Lipinski definition) is 2. The van der Waals surface area contributed by atoms with E-state index in [2.05, 4.69) is 17.6 Å². The van der Waals surface area contributed by atoms with Crippen molar-refractivity contribution < 1.29 is 4.79 Å². The van der Waals surface area contributed by atoms with Gasteiger partial charge in [-0.05, 0) is 37.5 Å². The maximum Gasteiger partial charge on any atom is 0.237 e. The average molecular weight is 242 g/mol. The number of thioether (sulfide) groups is 1. The molecular weight excluding hydrogens is 220 g/mol. The molecule has 16 heavy (non-hydrogen) atoms. The first kappa shape index (κ1) is 12.2. The van der Waals surface area contributed by atoms with Gasteiger partial charge >= 0.3 is 0 Å². The van der Waals surface area contributed by atoms with Gasteiger partial charge in [-0.3, -0.25) is 4.79 Å². The van der Waals surface area contributed by atoms with Gasteiger partial charge in [0.1, 0.15) is 0 Å². The van der Waals surface area contributed by atoms with Crippen LogP contribution in [0.2, 0.25) is 0 Å². The molecule has 2 saturated heterocycles. The monoisotopic (exact) mass is 242 g/mol. The average Bonchev–Trinajstić information content (AvgIpc) is 2.82. The molecule has 2 aliphatic heterocycles. The van der Waals surface area contributed by atoms with Crippen molar-refractivity contribution in [1.29, 1.82) is 0 Å². The summed E-state index contributed by atoms with van der Waals surface area (Å²) in [6.07, 6.45) is 4.58. The molecule has 0 saturated carbocycles. The molecule has 3 unspecified atom stereocenters. The fourth-order valence-electron chi connectivity index (χ4n) is 2.52. The number of hydrogen-bond acceptors (Lipinski definition) is 3. The Bertz CT molecular complexity index is 241. The third kappa shape index (κ3) is 3.14. The van der Waals surface area contributed by atoms with Crippen molar-refractivity contribution >= 4 is 17.7 Å². The minimum atomic E-state index is 0.0595. The highest BCUT2D eigenvalue weighted by molar-refractivity contribution is 7.99. The van der Waals surface area contributed by atoms with E-state index in [0.717, 1.165) is 31.1 Å². The van der Waals surface area contributed by atoms with Crippen LogP contribution in [0.4, 0.5) is 0 Å². The third-order valence-electron chi connectivity index (χ3n) is 3.68. The van der Waals surface area contributed by atoms with Crippen molar-refractivity contribution in [1.82, 2.24) is 10.6 Å². The Labute approximate surface area is 102 Å². The van der Waals surface area contributed by atoms with Crippen LogP contribution >= 0.6 is 11.8 Å². The lowest BCUT2D eigenvalue weighted by atomic mass is 9.90. The van der Waals surface area contributed by atoms with Crippen LogP contribution in [-0.4, -0.2) is 36.0 Å². The molecule has 0 spiro atoms. The normalized spacial score (nSPS) is 34.9. The second kappa shape index (κ2) is 5.92. The van der Waals surface area contributed by atoms with Gasteiger partial charge in [0.25, 0.3) is 0 Å². The molecule has 0 aromatic rings. The first-order valence-electron chi connectivity index (χ1n) is 6.41. The Morgan fingerprint density at radius 1 is 1.50 bits per heavy atom. The number of piperidine rings is 1. The first-order chi connectivity index (χ1) is 7.79. The van der Waals surface area contributed by atoms with E-state index in [0.29, 0.717) is 6.04 Å². The Balaban J connectivity index is 1.79. The molecule has 0 radical (unpaired) electrons. The van der Waals surface area contributed by atoms with Gasteiger partial charge in [-0.15, -0.1) is 0 Å². The van der Waals surface area contributed by atoms with Gasteiger partial charge in [0.15, 0.2) is 0 Å². The van der Waals surface area contributed by atoms with Crippen molar-refractivity contribution in [3.8, 4) is 0 Å². The van der Waals surface area contributed by atoms with E-state index in [4.69, 9.17) is 0 Å². The molecule has 1 amide bonds. The molecular formula is C12H22N2OS. The molecule has 4 heteroatoms. The first-order valence-corrected chi connectivity index (χ1v) is 7.56. The van der Waals surface area contributed by atoms with Gasteiger partial charge in [0.05, 0.1) is 6.04 Å². The minimum Gasteiger partial charge on any atom is -0.351 e. The lowest BCUT2D eigenvalue weighted by Crippen LogP contribution is -2.51. The molecule has 2 rings (SSSR count). The SMILES string of the molecule is CCC1CCNC(C(=O)NC2CCSC2)C1. The van der Waals surface area contributed by atoms with E-state index in [1.54, 1.807) is 0 Å². The zero-order valence-electron chi connectivity index (χ0n) is 10.00. The highest BCUT2D eigenvalue weighted by Crippen LogP contribution is 2.21. The van der Waals surface area contributed by atoms with E-state index in [1.807, 2.05) is 11.8 Å². The number of carbonyl (C=O) groups excluding carboxylic acids is 1. The molecule has 3 atom stereocenters. The topological polar surface area (TPSA) is 41.1 Å². The summed E-state index contributed by atoms with van der Waals surface area (Å²) in [5.74, 6) is 3.25. The van der Waals surface area contributed by atoms with Crippen LogP contribution in [0.5, 0.6) is 0 Å². The van der Waals surface area contributed by atoms with E-state index < -0.39 is 0 Å².